The van der Waals surface area contributed by atoms with Gasteiger partial charge in [-0.15, -0.1) is 0 Å². The van der Waals surface area contributed by atoms with Crippen LogP contribution in [0.5, 0.6) is 0 Å². The van der Waals surface area contributed by atoms with E-state index in [1.807, 2.05) is 36.2 Å². The van der Waals surface area contributed by atoms with Crippen molar-refractivity contribution in [1.82, 2.24) is 10.0 Å². The molecule has 0 aliphatic carbocycles. The zero-order valence-corrected chi connectivity index (χ0v) is 17.0. The highest BCUT2D eigenvalue weighted by molar-refractivity contribution is 6.33. The largest absolute Gasteiger partial charge is 0.289 e. The molecule has 0 unspecified atom stereocenters. The van der Waals surface area contributed by atoms with Crippen LogP contribution in [0.4, 0.5) is 11.4 Å². The van der Waals surface area contributed by atoms with Crippen LogP contribution < -0.4 is 4.90 Å². The van der Waals surface area contributed by atoms with Gasteiger partial charge < -0.3 is 0 Å². The average molecular weight is 427 g/mol. The molecule has 30 heavy (non-hydrogen) atoms. The quantitative estimate of drug-likeness (QED) is 0.426. The molecule has 8 nitrogen and oxygen atoms in total. The molecule has 0 bridgehead atoms. The van der Waals surface area contributed by atoms with Crippen LogP contribution in [0.15, 0.2) is 42.5 Å². The van der Waals surface area contributed by atoms with Gasteiger partial charge in [-0.1, -0.05) is 41.4 Å². The van der Waals surface area contributed by atoms with Gasteiger partial charge in [0.2, 0.25) is 5.91 Å². The van der Waals surface area contributed by atoms with Crippen molar-refractivity contribution in [3.8, 4) is 0 Å². The second-order valence-corrected chi connectivity index (χ2v) is 8.32. The fourth-order valence-corrected chi connectivity index (χ4v) is 5.10. The number of imide groups is 1. The summed E-state index contributed by atoms with van der Waals surface area (Å²) >= 11 is 5.91. The van der Waals surface area contributed by atoms with Gasteiger partial charge in [-0.2, -0.15) is 0 Å². The number of rotatable bonds is 3. The fourth-order valence-electron chi connectivity index (χ4n) is 4.91. The Morgan fingerprint density at radius 2 is 1.67 bits per heavy atom. The first kappa shape index (κ1) is 19.2. The molecule has 0 radical (unpaired) electrons. The van der Waals surface area contributed by atoms with Crippen molar-refractivity contribution in [3.05, 3.63) is 68.7 Å². The van der Waals surface area contributed by atoms with Crippen molar-refractivity contribution in [3.63, 3.8) is 0 Å². The summed E-state index contributed by atoms with van der Waals surface area (Å²) < 4.78 is 0. The highest BCUT2D eigenvalue weighted by Crippen LogP contribution is 2.49. The maximum absolute atomic E-state index is 13.5. The number of hydrazine groups is 1. The molecule has 3 aliphatic heterocycles. The van der Waals surface area contributed by atoms with Crippen LogP contribution in [0.2, 0.25) is 5.02 Å². The highest BCUT2D eigenvalue weighted by atomic mass is 35.5. The molecule has 0 spiro atoms. The predicted octanol–water partition coefficient (Wildman–Crippen LogP) is 3.09. The number of nitro groups is 1. The molecule has 0 aromatic heterocycles. The third-order valence-electron chi connectivity index (χ3n) is 6.21. The van der Waals surface area contributed by atoms with Crippen LogP contribution in [0, 0.1) is 23.0 Å². The summed E-state index contributed by atoms with van der Waals surface area (Å²) in [4.78, 5) is 38.6. The number of aryl methyl sites for hydroxylation is 1. The van der Waals surface area contributed by atoms with Crippen molar-refractivity contribution in [2.45, 2.75) is 25.4 Å². The van der Waals surface area contributed by atoms with Crippen molar-refractivity contribution in [2.75, 3.05) is 18.0 Å². The summed E-state index contributed by atoms with van der Waals surface area (Å²) in [7, 11) is 0. The first-order chi connectivity index (χ1) is 14.4. The number of nitro benzene ring substituents is 1. The van der Waals surface area contributed by atoms with Gasteiger partial charge in [0, 0.05) is 19.2 Å². The molecule has 2 aromatic carbocycles. The van der Waals surface area contributed by atoms with Gasteiger partial charge in [0.25, 0.3) is 11.6 Å². The summed E-state index contributed by atoms with van der Waals surface area (Å²) in [5.74, 6) is -1.24. The third kappa shape index (κ3) is 2.68. The third-order valence-corrected chi connectivity index (χ3v) is 6.53. The number of carbonyl (C=O) groups excluding carboxylic acids is 2. The monoisotopic (exact) mass is 426 g/mol. The van der Waals surface area contributed by atoms with Crippen LogP contribution in [-0.4, -0.2) is 45.9 Å². The van der Waals surface area contributed by atoms with E-state index in [9.17, 15) is 19.7 Å². The van der Waals surface area contributed by atoms with E-state index in [0.29, 0.717) is 6.54 Å². The Balaban J connectivity index is 1.58. The Kier molecular flexibility index (Phi) is 4.39. The summed E-state index contributed by atoms with van der Waals surface area (Å²) in [5.41, 5.74) is 1.97. The minimum absolute atomic E-state index is 0.0358. The van der Waals surface area contributed by atoms with Gasteiger partial charge in [0.05, 0.1) is 22.6 Å². The van der Waals surface area contributed by atoms with Gasteiger partial charge in [0.15, 0.2) is 0 Å². The number of nitrogens with zero attached hydrogens (tertiary/aromatic N) is 4. The van der Waals surface area contributed by atoms with E-state index in [0.717, 1.165) is 29.0 Å². The standard InChI is InChI=1S/C21H19ClN4O4/c1-12-3-5-13(6-4-12)18-17-19(24-10-2-9-23(18)24)21(28)25(20(17)27)14-7-8-15(22)16(11-14)26(29)30/h3-8,11,17-19H,2,9-10H2,1H3/t17-,18-,19-/m0/s1. The Bertz CT molecular complexity index is 1070. The second-order valence-electron chi connectivity index (χ2n) is 7.91. The lowest BCUT2D eigenvalue weighted by atomic mass is 9.89. The fraction of sp³-hybridized carbons (Fsp3) is 0.333. The molecule has 3 fully saturated rings. The summed E-state index contributed by atoms with van der Waals surface area (Å²) in [6.07, 6.45) is 0.916. The number of halogens is 1. The number of carbonyl (C=O) groups is 2. The van der Waals surface area contributed by atoms with Crippen molar-refractivity contribution in [2.24, 2.45) is 5.92 Å². The Labute approximate surface area is 177 Å². The van der Waals surface area contributed by atoms with E-state index in [4.69, 9.17) is 11.6 Å². The Morgan fingerprint density at radius 3 is 2.33 bits per heavy atom. The summed E-state index contributed by atoms with van der Waals surface area (Å²) in [6.45, 7) is 3.50. The number of benzene rings is 2. The average Bonchev–Trinajstić information content (AvgIpc) is 3.36. The number of hydrogen-bond acceptors (Lipinski definition) is 6. The molecule has 3 heterocycles. The lowest BCUT2D eigenvalue weighted by Gasteiger charge is -2.29. The van der Waals surface area contributed by atoms with E-state index in [-0.39, 0.29) is 34.3 Å². The molecular formula is C21H19ClN4O4. The smallest absolute Gasteiger partial charge is 0.274 e. The zero-order valence-electron chi connectivity index (χ0n) is 16.2. The molecule has 3 atom stereocenters. The van der Waals surface area contributed by atoms with Crippen molar-refractivity contribution < 1.29 is 14.5 Å². The lowest BCUT2D eigenvalue weighted by molar-refractivity contribution is -0.384. The SMILES string of the molecule is Cc1ccc([C@H]2[C@@H]3C(=O)N(c4ccc(Cl)c([N+](=O)[O-])c4)C(=O)[C@H]3N3CCCN23)cc1. The van der Waals surface area contributed by atoms with E-state index in [2.05, 4.69) is 5.01 Å². The molecule has 9 heteroatoms. The van der Waals surface area contributed by atoms with Crippen molar-refractivity contribution >= 4 is 34.8 Å². The lowest BCUT2D eigenvalue weighted by Crippen LogP contribution is -2.44. The van der Waals surface area contributed by atoms with Crippen LogP contribution in [0.3, 0.4) is 0 Å². The molecule has 3 saturated heterocycles. The minimum Gasteiger partial charge on any atom is -0.274 e. The van der Waals surface area contributed by atoms with E-state index in [1.54, 1.807) is 0 Å². The van der Waals surface area contributed by atoms with Crippen LogP contribution >= 0.6 is 11.6 Å². The zero-order chi connectivity index (χ0) is 21.2. The van der Waals surface area contributed by atoms with Gasteiger partial charge >= 0.3 is 0 Å². The number of amides is 2. The molecule has 3 aliphatic rings. The van der Waals surface area contributed by atoms with Crippen molar-refractivity contribution in [1.29, 1.82) is 0 Å². The van der Waals surface area contributed by atoms with Crippen LogP contribution in [-0.2, 0) is 9.59 Å². The first-order valence-corrected chi connectivity index (χ1v) is 10.2. The number of hydrogen-bond donors (Lipinski definition) is 0. The molecule has 2 amide bonds. The molecule has 0 saturated carbocycles. The van der Waals surface area contributed by atoms with E-state index < -0.39 is 16.9 Å². The van der Waals surface area contributed by atoms with Gasteiger partial charge in [-0.05, 0) is 31.0 Å². The minimum atomic E-state index is -0.616. The number of fused-ring (bicyclic) bond motifs is 3. The first-order valence-electron chi connectivity index (χ1n) is 9.80. The molecular weight excluding hydrogens is 408 g/mol. The molecule has 0 N–H and O–H groups in total. The predicted molar refractivity (Wildman–Crippen MR) is 110 cm³/mol. The van der Waals surface area contributed by atoms with Crippen LogP contribution in [0.1, 0.15) is 23.6 Å². The normalized spacial score (nSPS) is 26.3. The Morgan fingerprint density at radius 1 is 1.00 bits per heavy atom. The molecule has 154 valence electrons. The second kappa shape index (κ2) is 6.87. The molecule has 2 aromatic rings. The van der Waals surface area contributed by atoms with E-state index >= 15 is 0 Å². The van der Waals surface area contributed by atoms with Gasteiger partial charge in [-0.3, -0.25) is 19.7 Å². The topological polar surface area (TPSA) is 87.0 Å². The van der Waals surface area contributed by atoms with Gasteiger partial charge in [0.1, 0.15) is 11.1 Å². The van der Waals surface area contributed by atoms with Gasteiger partial charge in [-0.25, -0.2) is 14.9 Å². The number of anilines is 1. The maximum Gasteiger partial charge on any atom is 0.289 e. The molecule has 5 rings (SSSR count). The van der Waals surface area contributed by atoms with E-state index in [1.165, 1.54) is 18.2 Å². The maximum atomic E-state index is 13.5. The summed E-state index contributed by atoms with van der Waals surface area (Å²) in [5, 5.41) is 15.4. The van der Waals surface area contributed by atoms with Crippen LogP contribution in [0.25, 0.3) is 0 Å². The highest BCUT2D eigenvalue weighted by Gasteiger charge is 2.62. The Hall–Kier alpha value is -2.81. The summed E-state index contributed by atoms with van der Waals surface area (Å²) in [6, 6.07) is 11.2.